The lowest BCUT2D eigenvalue weighted by Gasteiger charge is -2.03. The lowest BCUT2D eigenvalue weighted by atomic mass is 10.1. The molecule has 0 aliphatic carbocycles. The number of carbonyl (C=O) groups excluding carboxylic acids is 1. The van der Waals surface area contributed by atoms with E-state index in [-0.39, 0.29) is 11.6 Å². The topological polar surface area (TPSA) is 30.0 Å². The molecule has 4 heteroatoms. The Hall–Kier alpha value is -1.32. The largest absolute Gasteiger partial charge is 0.292 e. The standard InChI is InChI=1S/C9H9F2NO/c1-5(2)9(13)8-7(11)3-6(10)4-12-8/h3-5H,1-2H3. The van der Waals surface area contributed by atoms with Crippen LogP contribution in [0.15, 0.2) is 12.3 Å². The van der Waals surface area contributed by atoms with Gasteiger partial charge in [0.2, 0.25) is 0 Å². The first-order valence-corrected chi connectivity index (χ1v) is 3.87. The zero-order valence-corrected chi connectivity index (χ0v) is 7.34. The number of hydrogen-bond acceptors (Lipinski definition) is 2. The van der Waals surface area contributed by atoms with E-state index in [4.69, 9.17) is 0 Å². The predicted molar refractivity (Wildman–Crippen MR) is 43.3 cm³/mol. The summed E-state index contributed by atoms with van der Waals surface area (Å²) >= 11 is 0. The number of rotatable bonds is 2. The molecule has 2 nitrogen and oxygen atoms in total. The summed E-state index contributed by atoms with van der Waals surface area (Å²) in [6, 6.07) is 0.655. The lowest BCUT2D eigenvalue weighted by molar-refractivity contribution is 0.0929. The van der Waals surface area contributed by atoms with Gasteiger partial charge in [-0.3, -0.25) is 4.79 Å². The van der Waals surface area contributed by atoms with Gasteiger partial charge in [-0.1, -0.05) is 13.8 Å². The van der Waals surface area contributed by atoms with Crippen LogP contribution in [0.25, 0.3) is 0 Å². The molecule has 0 aromatic carbocycles. The van der Waals surface area contributed by atoms with Crippen molar-refractivity contribution in [2.45, 2.75) is 13.8 Å². The Bertz CT molecular complexity index is 336. The average Bonchev–Trinajstić information content (AvgIpc) is 2.03. The van der Waals surface area contributed by atoms with Crippen molar-refractivity contribution in [2.75, 3.05) is 0 Å². The number of aromatic nitrogens is 1. The quantitative estimate of drug-likeness (QED) is 0.661. The molecule has 0 atom stereocenters. The molecule has 1 aromatic rings. The Balaban J connectivity index is 3.09. The number of hydrogen-bond donors (Lipinski definition) is 0. The fraction of sp³-hybridized carbons (Fsp3) is 0.333. The molecule has 0 aliphatic rings. The summed E-state index contributed by atoms with van der Waals surface area (Å²) in [6.45, 7) is 3.26. The first kappa shape index (κ1) is 9.77. The van der Waals surface area contributed by atoms with Gasteiger partial charge in [-0.2, -0.15) is 0 Å². The number of Topliss-reactive ketones (excluding diaryl/α,β-unsaturated/α-hetero) is 1. The Morgan fingerprint density at radius 1 is 1.46 bits per heavy atom. The van der Waals surface area contributed by atoms with Crippen molar-refractivity contribution in [3.05, 3.63) is 29.6 Å². The molecule has 0 bridgehead atoms. The van der Waals surface area contributed by atoms with E-state index in [0.717, 1.165) is 6.20 Å². The maximum atomic E-state index is 12.9. The van der Waals surface area contributed by atoms with Gasteiger partial charge in [0.25, 0.3) is 0 Å². The fourth-order valence-electron chi connectivity index (χ4n) is 0.869. The summed E-state index contributed by atoms with van der Waals surface area (Å²) in [5.74, 6) is -2.44. The highest BCUT2D eigenvalue weighted by molar-refractivity contribution is 5.95. The van der Waals surface area contributed by atoms with E-state index in [0.29, 0.717) is 6.07 Å². The van der Waals surface area contributed by atoms with Gasteiger partial charge in [0.15, 0.2) is 11.6 Å². The van der Waals surface area contributed by atoms with Gasteiger partial charge in [-0.15, -0.1) is 0 Å². The molecule has 0 saturated carbocycles. The van der Waals surface area contributed by atoms with Crippen LogP contribution >= 0.6 is 0 Å². The summed E-state index contributed by atoms with van der Waals surface area (Å²) in [5.41, 5.74) is -0.295. The van der Waals surface area contributed by atoms with Gasteiger partial charge >= 0.3 is 0 Å². The highest BCUT2D eigenvalue weighted by atomic mass is 19.1. The molecule has 0 radical (unpaired) electrons. The second-order valence-corrected chi connectivity index (χ2v) is 3.00. The van der Waals surface area contributed by atoms with Gasteiger partial charge < -0.3 is 0 Å². The van der Waals surface area contributed by atoms with Crippen LogP contribution in [0.4, 0.5) is 8.78 Å². The Kier molecular flexibility index (Phi) is 2.70. The van der Waals surface area contributed by atoms with Crippen molar-refractivity contribution in [1.82, 2.24) is 4.98 Å². The number of carbonyl (C=O) groups is 1. The number of halogens is 2. The van der Waals surface area contributed by atoms with Gasteiger partial charge in [-0.25, -0.2) is 13.8 Å². The third-order valence-corrected chi connectivity index (χ3v) is 1.57. The first-order valence-electron chi connectivity index (χ1n) is 3.87. The normalized spacial score (nSPS) is 10.5. The molecule has 0 N–H and O–H groups in total. The second-order valence-electron chi connectivity index (χ2n) is 3.00. The van der Waals surface area contributed by atoms with Crippen LogP contribution in [0.2, 0.25) is 0 Å². The molecule has 0 spiro atoms. The summed E-state index contributed by atoms with van der Waals surface area (Å²) in [5, 5.41) is 0. The van der Waals surface area contributed by atoms with Crippen molar-refractivity contribution < 1.29 is 13.6 Å². The van der Waals surface area contributed by atoms with E-state index in [1.54, 1.807) is 13.8 Å². The molecule has 1 rings (SSSR count). The van der Waals surface area contributed by atoms with Crippen LogP contribution in [-0.4, -0.2) is 10.8 Å². The fourth-order valence-corrected chi connectivity index (χ4v) is 0.869. The van der Waals surface area contributed by atoms with Gasteiger partial charge in [0, 0.05) is 12.0 Å². The molecule has 0 amide bonds. The van der Waals surface area contributed by atoms with Crippen LogP contribution in [0.3, 0.4) is 0 Å². The zero-order valence-electron chi connectivity index (χ0n) is 7.34. The zero-order chi connectivity index (χ0) is 10.0. The predicted octanol–water partition coefficient (Wildman–Crippen LogP) is 2.20. The van der Waals surface area contributed by atoms with E-state index in [9.17, 15) is 13.6 Å². The Morgan fingerprint density at radius 3 is 2.54 bits per heavy atom. The third kappa shape index (κ3) is 2.08. The summed E-state index contributed by atoms with van der Waals surface area (Å²) < 4.78 is 25.3. The number of pyridine rings is 1. The van der Waals surface area contributed by atoms with Gasteiger partial charge in [0.1, 0.15) is 11.5 Å². The van der Waals surface area contributed by atoms with E-state index < -0.39 is 17.4 Å². The van der Waals surface area contributed by atoms with E-state index in [1.165, 1.54) is 0 Å². The molecule has 1 heterocycles. The van der Waals surface area contributed by atoms with Gasteiger partial charge in [0.05, 0.1) is 6.20 Å². The van der Waals surface area contributed by atoms with Gasteiger partial charge in [-0.05, 0) is 0 Å². The molecule has 0 saturated heterocycles. The van der Waals surface area contributed by atoms with Crippen molar-refractivity contribution in [2.24, 2.45) is 5.92 Å². The van der Waals surface area contributed by atoms with Crippen molar-refractivity contribution in [3.8, 4) is 0 Å². The molecule has 0 aliphatic heterocycles. The lowest BCUT2D eigenvalue weighted by Crippen LogP contribution is -2.12. The Labute approximate surface area is 74.6 Å². The molecule has 70 valence electrons. The van der Waals surface area contributed by atoms with Crippen LogP contribution in [0, 0.1) is 17.6 Å². The minimum atomic E-state index is -0.904. The maximum absolute atomic E-state index is 12.9. The van der Waals surface area contributed by atoms with Crippen LogP contribution in [0.5, 0.6) is 0 Å². The monoisotopic (exact) mass is 185 g/mol. The molecule has 0 fully saturated rings. The summed E-state index contributed by atoms with van der Waals surface area (Å²) in [6.07, 6.45) is 0.832. The summed E-state index contributed by atoms with van der Waals surface area (Å²) in [7, 11) is 0. The highest BCUT2D eigenvalue weighted by Gasteiger charge is 2.16. The number of ketones is 1. The maximum Gasteiger partial charge on any atom is 0.186 e. The van der Waals surface area contributed by atoms with Crippen LogP contribution in [0.1, 0.15) is 24.3 Å². The van der Waals surface area contributed by atoms with Crippen molar-refractivity contribution >= 4 is 5.78 Å². The van der Waals surface area contributed by atoms with E-state index in [2.05, 4.69) is 4.98 Å². The average molecular weight is 185 g/mol. The molecular weight excluding hydrogens is 176 g/mol. The number of nitrogens with zero attached hydrogens (tertiary/aromatic N) is 1. The first-order chi connectivity index (χ1) is 6.02. The smallest absolute Gasteiger partial charge is 0.186 e. The Morgan fingerprint density at radius 2 is 2.08 bits per heavy atom. The van der Waals surface area contributed by atoms with Crippen molar-refractivity contribution in [3.63, 3.8) is 0 Å². The highest BCUT2D eigenvalue weighted by Crippen LogP contribution is 2.10. The second kappa shape index (κ2) is 3.60. The molecular formula is C9H9F2NO. The molecule has 0 unspecified atom stereocenters. The minimum absolute atomic E-state index is 0.295. The van der Waals surface area contributed by atoms with E-state index in [1.807, 2.05) is 0 Å². The minimum Gasteiger partial charge on any atom is -0.292 e. The molecule has 13 heavy (non-hydrogen) atoms. The van der Waals surface area contributed by atoms with E-state index >= 15 is 0 Å². The van der Waals surface area contributed by atoms with Crippen LogP contribution < -0.4 is 0 Å². The van der Waals surface area contributed by atoms with Crippen LogP contribution in [-0.2, 0) is 0 Å². The summed E-state index contributed by atoms with van der Waals surface area (Å²) in [4.78, 5) is 14.7. The third-order valence-electron chi connectivity index (χ3n) is 1.57. The molecule has 1 aromatic heterocycles. The SMILES string of the molecule is CC(C)C(=O)c1ncc(F)cc1F. The van der Waals surface area contributed by atoms with Crippen molar-refractivity contribution in [1.29, 1.82) is 0 Å².